The van der Waals surface area contributed by atoms with Crippen LogP contribution in [0, 0.1) is 10.1 Å². The molecule has 0 atom stereocenters. The van der Waals surface area contributed by atoms with Gasteiger partial charge in [-0.3, -0.25) is 10.1 Å². The highest BCUT2D eigenvalue weighted by Gasteiger charge is 2.07. The molecule has 0 fully saturated rings. The predicted octanol–water partition coefficient (Wildman–Crippen LogP) is 2.81. The van der Waals surface area contributed by atoms with Crippen molar-refractivity contribution >= 4 is 28.8 Å². The molecular formula is C12H9N3O3S. The van der Waals surface area contributed by atoms with Crippen molar-refractivity contribution in [2.24, 2.45) is 10.2 Å². The summed E-state index contributed by atoms with van der Waals surface area (Å²) in [6.07, 6.45) is 2.98. The Labute approximate surface area is 112 Å². The molecule has 7 heteroatoms. The Kier molecular flexibility index (Phi) is 3.99. The van der Waals surface area contributed by atoms with Gasteiger partial charge >= 0.3 is 5.00 Å². The fourth-order valence-electron chi connectivity index (χ4n) is 1.26. The molecule has 0 aliphatic heterocycles. The molecule has 6 nitrogen and oxygen atoms in total. The van der Waals surface area contributed by atoms with Crippen LogP contribution >= 0.6 is 11.3 Å². The van der Waals surface area contributed by atoms with E-state index >= 15 is 0 Å². The summed E-state index contributed by atoms with van der Waals surface area (Å²) in [6, 6.07) is 9.54. The van der Waals surface area contributed by atoms with Crippen molar-refractivity contribution in [2.75, 3.05) is 0 Å². The standard InChI is InChI=1S/C12H9N3O3S/c16-10-3-1-9(2-4-10)7-13-14-8-11-5-6-12(19-11)15(17)18/h1-8,16H/b13-7+,14-8+. The van der Waals surface area contributed by atoms with E-state index in [4.69, 9.17) is 5.11 Å². The van der Waals surface area contributed by atoms with E-state index in [0.29, 0.717) is 4.88 Å². The van der Waals surface area contributed by atoms with Gasteiger partial charge in [-0.05, 0) is 35.9 Å². The van der Waals surface area contributed by atoms with Gasteiger partial charge in [-0.2, -0.15) is 10.2 Å². The molecule has 0 aliphatic carbocycles. The fourth-order valence-corrected chi connectivity index (χ4v) is 1.95. The number of hydrogen-bond donors (Lipinski definition) is 1. The summed E-state index contributed by atoms with van der Waals surface area (Å²) in [4.78, 5) is 10.7. The van der Waals surface area contributed by atoms with Gasteiger partial charge in [-0.1, -0.05) is 11.3 Å². The first-order chi connectivity index (χ1) is 9.15. The van der Waals surface area contributed by atoms with Crippen LogP contribution in [0.15, 0.2) is 46.6 Å². The van der Waals surface area contributed by atoms with Gasteiger partial charge in [0, 0.05) is 6.07 Å². The molecule has 0 amide bonds. The van der Waals surface area contributed by atoms with Crippen LogP contribution in [0.25, 0.3) is 0 Å². The molecule has 0 saturated carbocycles. The molecule has 96 valence electrons. The van der Waals surface area contributed by atoms with Gasteiger partial charge in [-0.25, -0.2) is 0 Å². The first-order valence-electron chi connectivity index (χ1n) is 5.25. The Morgan fingerprint density at radius 2 is 1.79 bits per heavy atom. The number of nitrogens with zero attached hydrogens (tertiary/aromatic N) is 3. The second kappa shape index (κ2) is 5.87. The van der Waals surface area contributed by atoms with Crippen LogP contribution in [0.2, 0.25) is 0 Å². The van der Waals surface area contributed by atoms with Gasteiger partial charge in [0.2, 0.25) is 0 Å². The zero-order chi connectivity index (χ0) is 13.7. The molecule has 0 radical (unpaired) electrons. The molecule has 19 heavy (non-hydrogen) atoms. The predicted molar refractivity (Wildman–Crippen MR) is 74.3 cm³/mol. The molecule has 0 aliphatic rings. The number of phenols is 1. The summed E-state index contributed by atoms with van der Waals surface area (Å²) < 4.78 is 0. The molecule has 0 spiro atoms. The van der Waals surface area contributed by atoms with Crippen LogP contribution in [0.3, 0.4) is 0 Å². The fraction of sp³-hybridized carbons (Fsp3) is 0. The van der Waals surface area contributed by atoms with Crippen molar-refractivity contribution in [1.82, 2.24) is 0 Å². The Morgan fingerprint density at radius 3 is 2.42 bits per heavy atom. The third kappa shape index (κ3) is 3.71. The number of nitro groups is 1. The summed E-state index contributed by atoms with van der Waals surface area (Å²) in [5.74, 6) is 0.187. The number of hydrogen-bond acceptors (Lipinski definition) is 6. The molecule has 0 bridgehead atoms. The Balaban J connectivity index is 1.99. The van der Waals surface area contributed by atoms with Crippen LogP contribution in [-0.4, -0.2) is 22.5 Å². The second-order valence-electron chi connectivity index (χ2n) is 3.51. The normalized spacial score (nSPS) is 11.4. The van der Waals surface area contributed by atoms with Crippen LogP contribution in [0.1, 0.15) is 10.4 Å². The summed E-state index contributed by atoms with van der Waals surface area (Å²) >= 11 is 1.03. The van der Waals surface area contributed by atoms with E-state index in [1.165, 1.54) is 18.5 Å². The van der Waals surface area contributed by atoms with Gasteiger partial charge in [0.1, 0.15) is 5.75 Å². The SMILES string of the molecule is O=[N+]([O-])c1ccc(/C=N/N=C/c2ccc(O)cc2)s1. The van der Waals surface area contributed by atoms with Crippen molar-refractivity contribution in [2.45, 2.75) is 0 Å². The van der Waals surface area contributed by atoms with Gasteiger partial charge in [-0.15, -0.1) is 0 Å². The highest BCUT2D eigenvalue weighted by atomic mass is 32.1. The lowest BCUT2D eigenvalue weighted by atomic mass is 10.2. The topological polar surface area (TPSA) is 88.1 Å². The average molecular weight is 275 g/mol. The van der Waals surface area contributed by atoms with Crippen LogP contribution in [0.4, 0.5) is 5.00 Å². The zero-order valence-corrected chi connectivity index (χ0v) is 10.4. The van der Waals surface area contributed by atoms with E-state index in [1.807, 2.05) is 0 Å². The Hall–Kier alpha value is -2.54. The number of phenolic OH excluding ortho intramolecular Hbond substituents is 1. The van der Waals surface area contributed by atoms with E-state index in [9.17, 15) is 10.1 Å². The van der Waals surface area contributed by atoms with Crippen molar-refractivity contribution in [3.8, 4) is 5.75 Å². The highest BCUT2D eigenvalue weighted by Crippen LogP contribution is 2.22. The van der Waals surface area contributed by atoms with E-state index in [0.717, 1.165) is 16.9 Å². The maximum atomic E-state index is 10.5. The number of thiophene rings is 1. The summed E-state index contributed by atoms with van der Waals surface area (Å²) in [7, 11) is 0. The third-order valence-corrected chi connectivity index (χ3v) is 3.12. The van der Waals surface area contributed by atoms with E-state index in [2.05, 4.69) is 10.2 Å². The third-order valence-electron chi connectivity index (χ3n) is 2.14. The monoisotopic (exact) mass is 275 g/mol. The average Bonchev–Trinajstić information content (AvgIpc) is 2.86. The van der Waals surface area contributed by atoms with E-state index in [-0.39, 0.29) is 10.8 Å². The van der Waals surface area contributed by atoms with E-state index < -0.39 is 4.92 Å². The lowest BCUT2D eigenvalue weighted by molar-refractivity contribution is -0.380. The number of benzene rings is 1. The molecule has 1 heterocycles. The van der Waals surface area contributed by atoms with Crippen molar-refractivity contribution in [3.05, 3.63) is 57.0 Å². The molecule has 2 rings (SSSR count). The van der Waals surface area contributed by atoms with Crippen LogP contribution in [0.5, 0.6) is 5.75 Å². The summed E-state index contributed by atoms with van der Waals surface area (Å²) in [5.41, 5.74) is 0.798. The minimum Gasteiger partial charge on any atom is -0.508 e. The minimum absolute atomic E-state index is 0.0731. The quantitative estimate of drug-likeness (QED) is 0.528. The smallest absolute Gasteiger partial charge is 0.324 e. The van der Waals surface area contributed by atoms with Crippen molar-refractivity contribution < 1.29 is 10.0 Å². The second-order valence-corrected chi connectivity index (χ2v) is 4.61. The molecule has 1 aromatic heterocycles. The molecule has 0 unspecified atom stereocenters. The van der Waals surface area contributed by atoms with Crippen LogP contribution in [-0.2, 0) is 0 Å². The minimum atomic E-state index is -0.443. The first kappa shape index (κ1) is 12.9. The number of rotatable bonds is 4. The lowest BCUT2D eigenvalue weighted by Gasteiger charge is -1.91. The molecule has 1 N–H and O–H groups in total. The van der Waals surface area contributed by atoms with Gasteiger partial charge in [0.05, 0.1) is 22.2 Å². The maximum absolute atomic E-state index is 10.5. The summed E-state index contributed by atoms with van der Waals surface area (Å²) in [6.45, 7) is 0. The largest absolute Gasteiger partial charge is 0.508 e. The van der Waals surface area contributed by atoms with Gasteiger partial charge < -0.3 is 5.11 Å². The van der Waals surface area contributed by atoms with Crippen LogP contribution < -0.4 is 0 Å². The summed E-state index contributed by atoms with van der Waals surface area (Å²) in [5, 5.41) is 27.3. The molecule has 2 aromatic rings. The van der Waals surface area contributed by atoms with Crippen molar-refractivity contribution in [1.29, 1.82) is 0 Å². The van der Waals surface area contributed by atoms with Gasteiger partial charge in [0.15, 0.2) is 0 Å². The Bertz CT molecular complexity index is 632. The maximum Gasteiger partial charge on any atom is 0.324 e. The molecular weight excluding hydrogens is 266 g/mol. The molecule has 0 saturated heterocycles. The zero-order valence-electron chi connectivity index (χ0n) is 9.63. The highest BCUT2D eigenvalue weighted by molar-refractivity contribution is 7.16. The lowest BCUT2D eigenvalue weighted by Crippen LogP contribution is -1.80. The first-order valence-corrected chi connectivity index (χ1v) is 6.06. The van der Waals surface area contributed by atoms with Gasteiger partial charge in [0.25, 0.3) is 0 Å². The molecule has 1 aromatic carbocycles. The van der Waals surface area contributed by atoms with E-state index in [1.54, 1.807) is 30.3 Å². The number of aromatic hydroxyl groups is 1. The Morgan fingerprint density at radius 1 is 1.11 bits per heavy atom. The van der Waals surface area contributed by atoms with Crippen molar-refractivity contribution in [3.63, 3.8) is 0 Å².